The molecule has 2 atom stereocenters. The first-order valence-electron chi connectivity index (χ1n) is 5.05. The lowest BCUT2D eigenvalue weighted by atomic mass is 10.2. The molecule has 0 amide bonds. The summed E-state index contributed by atoms with van der Waals surface area (Å²) in [5, 5.41) is 5.16. The molecule has 4 N–H and O–H groups in total. The van der Waals surface area contributed by atoms with Crippen LogP contribution in [-0.2, 0) is 10.0 Å². The molecule has 7 heteroatoms. The topological polar surface area (TPSA) is 89.4 Å². The molecule has 0 bridgehead atoms. The number of sulfonamides is 1. The average Bonchev–Trinajstić information content (AvgIpc) is 2.15. The van der Waals surface area contributed by atoms with Gasteiger partial charge < -0.3 is 10.6 Å². The fourth-order valence-corrected chi connectivity index (χ4v) is 2.66. The molecule has 5 nitrogen and oxygen atoms in total. The standard InChI is InChI=1S/C10H16ClN3O2S/c1-7(11)14(8(2)12)9-5-3-4-6-10(9)17(13,15)16/h3-8H,12H2,1-2H3,(H2,13,15,16). The van der Waals surface area contributed by atoms with Gasteiger partial charge in [-0.15, -0.1) is 0 Å². The van der Waals surface area contributed by atoms with Crippen LogP contribution in [0.25, 0.3) is 0 Å². The minimum atomic E-state index is -3.80. The highest BCUT2D eigenvalue weighted by molar-refractivity contribution is 7.89. The molecule has 1 rings (SSSR count). The second kappa shape index (κ2) is 5.22. The molecule has 0 fully saturated rings. The van der Waals surface area contributed by atoms with Crippen molar-refractivity contribution >= 4 is 27.3 Å². The number of halogens is 1. The van der Waals surface area contributed by atoms with E-state index in [9.17, 15) is 8.42 Å². The van der Waals surface area contributed by atoms with Gasteiger partial charge in [-0.2, -0.15) is 0 Å². The van der Waals surface area contributed by atoms with Gasteiger partial charge in [0, 0.05) is 0 Å². The monoisotopic (exact) mass is 277 g/mol. The number of primary sulfonamides is 1. The van der Waals surface area contributed by atoms with Crippen molar-refractivity contribution in [2.75, 3.05) is 4.90 Å². The zero-order valence-electron chi connectivity index (χ0n) is 9.67. The van der Waals surface area contributed by atoms with Gasteiger partial charge in [0.05, 0.1) is 11.9 Å². The lowest BCUT2D eigenvalue weighted by molar-refractivity contribution is 0.594. The number of nitrogens with two attached hydrogens (primary N) is 2. The summed E-state index contributed by atoms with van der Waals surface area (Å²) < 4.78 is 22.9. The highest BCUT2D eigenvalue weighted by Gasteiger charge is 2.23. The smallest absolute Gasteiger partial charge is 0.240 e. The van der Waals surface area contributed by atoms with Crippen LogP contribution in [0.1, 0.15) is 13.8 Å². The molecule has 2 unspecified atom stereocenters. The fraction of sp³-hybridized carbons (Fsp3) is 0.400. The minimum Gasteiger partial charge on any atom is -0.339 e. The van der Waals surface area contributed by atoms with Gasteiger partial charge in [-0.05, 0) is 26.0 Å². The Balaban J connectivity index is 3.39. The van der Waals surface area contributed by atoms with E-state index in [0.717, 1.165) is 0 Å². The van der Waals surface area contributed by atoms with Crippen LogP contribution in [0.5, 0.6) is 0 Å². The van der Waals surface area contributed by atoms with Gasteiger partial charge in [0.2, 0.25) is 10.0 Å². The SMILES string of the molecule is CC(N)N(c1ccccc1S(N)(=O)=O)C(C)Cl. The van der Waals surface area contributed by atoms with E-state index < -0.39 is 21.7 Å². The molecule has 1 aromatic rings. The van der Waals surface area contributed by atoms with Crippen LogP contribution in [0, 0.1) is 0 Å². The van der Waals surface area contributed by atoms with Crippen molar-refractivity contribution in [3.63, 3.8) is 0 Å². The first-order valence-corrected chi connectivity index (χ1v) is 7.03. The summed E-state index contributed by atoms with van der Waals surface area (Å²) in [6.45, 7) is 3.43. The van der Waals surface area contributed by atoms with Gasteiger partial charge >= 0.3 is 0 Å². The van der Waals surface area contributed by atoms with Crippen molar-refractivity contribution in [1.82, 2.24) is 0 Å². The van der Waals surface area contributed by atoms with Crippen molar-refractivity contribution in [1.29, 1.82) is 0 Å². The molecule has 0 aliphatic heterocycles. The molecule has 1 aromatic carbocycles. The number of rotatable bonds is 4. The van der Waals surface area contributed by atoms with Crippen molar-refractivity contribution in [2.45, 2.75) is 30.4 Å². The molecular formula is C10H16ClN3O2S. The summed E-state index contributed by atoms with van der Waals surface area (Å²) in [6, 6.07) is 6.36. The van der Waals surface area contributed by atoms with Crippen LogP contribution in [0.3, 0.4) is 0 Å². The zero-order chi connectivity index (χ0) is 13.2. The molecule has 0 aliphatic carbocycles. The van der Waals surface area contributed by atoms with E-state index >= 15 is 0 Å². The Bertz CT molecular complexity index is 480. The van der Waals surface area contributed by atoms with Crippen molar-refractivity contribution in [3.8, 4) is 0 Å². The third-order valence-electron chi connectivity index (χ3n) is 2.27. The number of para-hydroxylation sites is 1. The number of nitrogens with zero attached hydrogens (tertiary/aromatic N) is 1. The molecule has 96 valence electrons. The first-order chi connectivity index (χ1) is 7.75. The van der Waals surface area contributed by atoms with Crippen LogP contribution in [0.15, 0.2) is 29.2 Å². The number of hydrogen-bond donors (Lipinski definition) is 2. The van der Waals surface area contributed by atoms with Crippen molar-refractivity contribution in [3.05, 3.63) is 24.3 Å². The molecule has 0 radical (unpaired) electrons. The fourth-order valence-electron chi connectivity index (χ4n) is 1.65. The largest absolute Gasteiger partial charge is 0.339 e. The second-order valence-electron chi connectivity index (χ2n) is 3.73. The van der Waals surface area contributed by atoms with Gasteiger partial charge in [0.25, 0.3) is 0 Å². The number of benzene rings is 1. The third kappa shape index (κ3) is 3.32. The Kier molecular flexibility index (Phi) is 4.37. The lowest BCUT2D eigenvalue weighted by Gasteiger charge is -2.32. The van der Waals surface area contributed by atoms with E-state index in [-0.39, 0.29) is 4.90 Å². The summed E-state index contributed by atoms with van der Waals surface area (Å²) in [7, 11) is -3.80. The summed E-state index contributed by atoms with van der Waals surface area (Å²) >= 11 is 6.01. The highest BCUT2D eigenvalue weighted by atomic mass is 35.5. The van der Waals surface area contributed by atoms with Crippen molar-refractivity contribution < 1.29 is 8.42 Å². The minimum absolute atomic E-state index is 0.0183. The summed E-state index contributed by atoms with van der Waals surface area (Å²) in [4.78, 5) is 1.60. The Morgan fingerprint density at radius 2 is 1.82 bits per heavy atom. The number of anilines is 1. The van der Waals surface area contributed by atoms with Crippen molar-refractivity contribution in [2.24, 2.45) is 10.9 Å². The van der Waals surface area contributed by atoms with Crippen LogP contribution in [0.4, 0.5) is 5.69 Å². The summed E-state index contributed by atoms with van der Waals surface area (Å²) in [6.07, 6.45) is -0.426. The Hall–Kier alpha value is -0.820. The Labute approximate surface area is 106 Å². The number of hydrogen-bond acceptors (Lipinski definition) is 4. The summed E-state index contributed by atoms with van der Waals surface area (Å²) in [5.41, 5.74) is 5.75. The van der Waals surface area contributed by atoms with E-state index in [0.29, 0.717) is 5.69 Å². The molecule has 0 saturated heterocycles. The van der Waals surface area contributed by atoms with Gasteiger partial charge in [-0.3, -0.25) is 0 Å². The molecule has 0 spiro atoms. The maximum absolute atomic E-state index is 11.5. The molecular weight excluding hydrogens is 262 g/mol. The van der Waals surface area contributed by atoms with Crippen LogP contribution in [-0.4, -0.2) is 20.1 Å². The number of alkyl halides is 1. The Morgan fingerprint density at radius 3 is 2.24 bits per heavy atom. The van der Waals surface area contributed by atoms with Crippen LogP contribution in [0.2, 0.25) is 0 Å². The van der Waals surface area contributed by atoms with E-state index in [2.05, 4.69) is 0 Å². The first kappa shape index (κ1) is 14.2. The molecule has 0 saturated carbocycles. The van der Waals surface area contributed by atoms with E-state index in [1.54, 1.807) is 36.9 Å². The lowest BCUT2D eigenvalue weighted by Crippen LogP contribution is -2.44. The van der Waals surface area contributed by atoms with Gasteiger partial charge in [-0.1, -0.05) is 23.7 Å². The van der Waals surface area contributed by atoms with E-state index in [4.69, 9.17) is 22.5 Å². The van der Waals surface area contributed by atoms with Crippen LogP contribution < -0.4 is 15.8 Å². The zero-order valence-corrected chi connectivity index (χ0v) is 11.2. The summed E-state index contributed by atoms with van der Waals surface area (Å²) in [5.74, 6) is 0. The van der Waals surface area contributed by atoms with E-state index in [1.807, 2.05) is 0 Å². The van der Waals surface area contributed by atoms with Gasteiger partial charge in [-0.25, -0.2) is 13.6 Å². The van der Waals surface area contributed by atoms with Crippen LogP contribution >= 0.6 is 11.6 Å². The molecule has 0 heterocycles. The predicted molar refractivity (Wildman–Crippen MR) is 69.3 cm³/mol. The van der Waals surface area contributed by atoms with Gasteiger partial charge in [0.1, 0.15) is 10.4 Å². The molecule has 0 aliphatic rings. The maximum Gasteiger partial charge on any atom is 0.240 e. The molecule has 0 aromatic heterocycles. The second-order valence-corrected chi connectivity index (χ2v) is 5.90. The highest BCUT2D eigenvalue weighted by Crippen LogP contribution is 2.27. The van der Waals surface area contributed by atoms with E-state index in [1.165, 1.54) is 6.07 Å². The third-order valence-corrected chi connectivity index (χ3v) is 3.44. The quantitative estimate of drug-likeness (QED) is 0.489. The van der Waals surface area contributed by atoms with Gasteiger partial charge in [0.15, 0.2) is 0 Å². The average molecular weight is 278 g/mol. The predicted octanol–water partition coefficient (Wildman–Crippen LogP) is 1.03. The maximum atomic E-state index is 11.5. The Morgan fingerprint density at radius 1 is 1.29 bits per heavy atom. The molecule has 17 heavy (non-hydrogen) atoms. The normalized spacial score (nSPS) is 15.4.